The topological polar surface area (TPSA) is 78.4 Å². The van der Waals surface area contributed by atoms with E-state index in [1.807, 2.05) is 18.2 Å². The van der Waals surface area contributed by atoms with E-state index >= 15 is 0 Å². The molecule has 1 aliphatic heterocycles. The molecule has 6 heteroatoms. The number of nitrogens with one attached hydrogen (secondary N) is 2. The van der Waals surface area contributed by atoms with Gasteiger partial charge in [-0.1, -0.05) is 28.1 Å². The normalized spacial score (nSPS) is 16.2. The Balaban J connectivity index is 1.94. The zero-order valence-corrected chi connectivity index (χ0v) is 12.3. The minimum absolute atomic E-state index is 0.169. The van der Waals surface area contributed by atoms with Crippen LogP contribution in [0.15, 0.2) is 46.9 Å². The fourth-order valence-electron chi connectivity index (χ4n) is 2.32. The maximum absolute atomic E-state index is 12.1. The minimum atomic E-state index is -1.00. The van der Waals surface area contributed by atoms with Crippen molar-refractivity contribution in [3.8, 4) is 0 Å². The van der Waals surface area contributed by atoms with E-state index in [-0.39, 0.29) is 11.5 Å². The van der Waals surface area contributed by atoms with Gasteiger partial charge >= 0.3 is 5.97 Å². The fraction of sp³-hybridized carbons (Fsp3) is 0.0667. The van der Waals surface area contributed by atoms with Gasteiger partial charge in [0.05, 0.1) is 5.56 Å². The van der Waals surface area contributed by atoms with E-state index in [9.17, 15) is 9.59 Å². The molecule has 21 heavy (non-hydrogen) atoms. The van der Waals surface area contributed by atoms with Crippen LogP contribution in [0, 0.1) is 0 Å². The number of aromatic carboxylic acids is 1. The molecule has 0 aliphatic carbocycles. The Morgan fingerprint density at radius 1 is 1.24 bits per heavy atom. The molecule has 1 aliphatic rings. The van der Waals surface area contributed by atoms with Gasteiger partial charge in [-0.3, -0.25) is 4.79 Å². The third kappa shape index (κ3) is 2.50. The van der Waals surface area contributed by atoms with Crippen LogP contribution >= 0.6 is 15.9 Å². The molecular weight excluding hydrogens is 336 g/mol. The lowest BCUT2D eigenvalue weighted by atomic mass is 10.1. The summed E-state index contributed by atoms with van der Waals surface area (Å²) in [6.07, 6.45) is 0. The van der Waals surface area contributed by atoms with Gasteiger partial charge in [0, 0.05) is 21.4 Å². The highest BCUT2D eigenvalue weighted by Gasteiger charge is 2.32. The van der Waals surface area contributed by atoms with Gasteiger partial charge in [-0.2, -0.15) is 0 Å². The van der Waals surface area contributed by atoms with Crippen molar-refractivity contribution in [1.82, 2.24) is 0 Å². The Morgan fingerprint density at radius 2 is 2.00 bits per heavy atom. The summed E-state index contributed by atoms with van der Waals surface area (Å²) in [4.78, 5) is 23.1. The van der Waals surface area contributed by atoms with Crippen LogP contribution in [0.1, 0.15) is 22.0 Å². The number of hydrogen-bond acceptors (Lipinski definition) is 3. The van der Waals surface area contributed by atoms with Crippen LogP contribution in [0.4, 0.5) is 11.4 Å². The number of carboxylic acid groups (broad SMARTS) is 1. The molecule has 1 unspecified atom stereocenters. The van der Waals surface area contributed by atoms with Gasteiger partial charge in [-0.25, -0.2) is 4.79 Å². The molecule has 0 bridgehead atoms. The Labute approximate surface area is 129 Å². The maximum Gasteiger partial charge on any atom is 0.335 e. The summed E-state index contributed by atoms with van der Waals surface area (Å²) in [6.45, 7) is 0. The molecule has 3 rings (SSSR count). The zero-order chi connectivity index (χ0) is 15.0. The van der Waals surface area contributed by atoms with E-state index in [1.54, 1.807) is 12.1 Å². The van der Waals surface area contributed by atoms with Gasteiger partial charge in [0.2, 0.25) is 0 Å². The van der Waals surface area contributed by atoms with Gasteiger partial charge < -0.3 is 15.7 Å². The first-order valence-corrected chi connectivity index (χ1v) is 7.05. The molecular formula is C15H11BrN2O3. The summed E-state index contributed by atoms with van der Waals surface area (Å²) in [7, 11) is 0. The quantitative estimate of drug-likeness (QED) is 0.796. The van der Waals surface area contributed by atoms with E-state index < -0.39 is 12.0 Å². The number of anilines is 2. The van der Waals surface area contributed by atoms with Crippen molar-refractivity contribution < 1.29 is 14.7 Å². The molecule has 5 nitrogen and oxygen atoms in total. The van der Waals surface area contributed by atoms with E-state index in [1.165, 1.54) is 12.1 Å². The number of carboxylic acids is 1. The molecule has 2 aromatic carbocycles. The molecule has 1 amide bonds. The average Bonchev–Trinajstić information content (AvgIpc) is 2.77. The number of fused-ring (bicyclic) bond motifs is 1. The molecule has 1 atom stereocenters. The average molecular weight is 347 g/mol. The van der Waals surface area contributed by atoms with Crippen molar-refractivity contribution in [3.05, 3.63) is 58.1 Å². The summed E-state index contributed by atoms with van der Waals surface area (Å²) in [6, 6.07) is 11.4. The first-order chi connectivity index (χ1) is 10.1. The van der Waals surface area contributed by atoms with Gasteiger partial charge in [0.15, 0.2) is 0 Å². The Bertz CT molecular complexity index is 745. The van der Waals surface area contributed by atoms with Gasteiger partial charge in [0.25, 0.3) is 5.91 Å². The second-order valence-corrected chi connectivity index (χ2v) is 5.51. The van der Waals surface area contributed by atoms with Gasteiger partial charge in [0.1, 0.15) is 6.04 Å². The minimum Gasteiger partial charge on any atom is -0.478 e. The van der Waals surface area contributed by atoms with E-state index in [0.717, 1.165) is 15.7 Å². The second kappa shape index (κ2) is 5.21. The summed E-state index contributed by atoms with van der Waals surface area (Å²) >= 11 is 3.44. The van der Waals surface area contributed by atoms with E-state index in [2.05, 4.69) is 26.6 Å². The summed E-state index contributed by atoms with van der Waals surface area (Å²) in [5.41, 5.74) is 2.33. The molecule has 0 spiro atoms. The fourth-order valence-corrected chi connectivity index (χ4v) is 2.92. The predicted molar refractivity (Wildman–Crippen MR) is 82.5 cm³/mol. The lowest BCUT2D eigenvalue weighted by molar-refractivity contribution is -0.116. The first kappa shape index (κ1) is 13.6. The van der Waals surface area contributed by atoms with Crippen LogP contribution in [-0.4, -0.2) is 17.0 Å². The summed E-state index contributed by atoms with van der Waals surface area (Å²) in [5, 5.41) is 14.9. The Morgan fingerprint density at radius 3 is 2.76 bits per heavy atom. The van der Waals surface area contributed by atoms with E-state index in [4.69, 9.17) is 5.11 Å². The Kier molecular flexibility index (Phi) is 3.39. The van der Waals surface area contributed by atoms with Crippen LogP contribution in [0.2, 0.25) is 0 Å². The first-order valence-electron chi connectivity index (χ1n) is 6.25. The van der Waals surface area contributed by atoms with Crippen molar-refractivity contribution >= 4 is 39.2 Å². The largest absolute Gasteiger partial charge is 0.478 e. The number of benzene rings is 2. The number of halogens is 1. The monoisotopic (exact) mass is 346 g/mol. The molecule has 106 valence electrons. The molecule has 2 aromatic rings. The van der Waals surface area contributed by atoms with Gasteiger partial charge in [-0.05, 0) is 30.3 Å². The van der Waals surface area contributed by atoms with Crippen molar-refractivity contribution in [3.63, 3.8) is 0 Å². The molecule has 0 saturated heterocycles. The molecule has 1 heterocycles. The lowest BCUT2D eigenvalue weighted by Gasteiger charge is -2.14. The number of carbonyl (C=O) groups excluding carboxylic acids is 1. The van der Waals surface area contributed by atoms with Crippen molar-refractivity contribution in [2.75, 3.05) is 10.6 Å². The maximum atomic E-state index is 12.1. The van der Waals surface area contributed by atoms with Crippen LogP contribution in [0.5, 0.6) is 0 Å². The highest BCUT2D eigenvalue weighted by molar-refractivity contribution is 9.10. The standard InChI is InChI=1S/C15H11BrN2O3/c16-10-5-2-6-11-12(10)13(14(19)18-11)17-9-4-1-3-8(7-9)15(20)21/h1-7,13,17H,(H,18,19)(H,20,21). The van der Waals surface area contributed by atoms with Crippen molar-refractivity contribution in [1.29, 1.82) is 0 Å². The molecule has 0 radical (unpaired) electrons. The molecule has 0 fully saturated rings. The second-order valence-electron chi connectivity index (χ2n) is 4.65. The van der Waals surface area contributed by atoms with Crippen LogP contribution < -0.4 is 10.6 Å². The lowest BCUT2D eigenvalue weighted by Crippen LogP contribution is -2.20. The highest BCUT2D eigenvalue weighted by Crippen LogP contribution is 2.38. The van der Waals surface area contributed by atoms with E-state index in [0.29, 0.717) is 5.69 Å². The number of rotatable bonds is 3. The third-order valence-electron chi connectivity index (χ3n) is 3.28. The van der Waals surface area contributed by atoms with Crippen molar-refractivity contribution in [2.45, 2.75) is 6.04 Å². The number of hydrogen-bond donors (Lipinski definition) is 3. The summed E-state index contributed by atoms with van der Waals surface area (Å²) < 4.78 is 0.824. The number of amides is 1. The van der Waals surface area contributed by atoms with Gasteiger partial charge in [-0.15, -0.1) is 0 Å². The highest BCUT2D eigenvalue weighted by atomic mass is 79.9. The molecule has 3 N–H and O–H groups in total. The van der Waals surface area contributed by atoms with Crippen LogP contribution in [0.25, 0.3) is 0 Å². The third-order valence-corrected chi connectivity index (χ3v) is 3.97. The molecule has 0 saturated carbocycles. The predicted octanol–water partition coefficient (Wildman–Crippen LogP) is 3.25. The zero-order valence-electron chi connectivity index (χ0n) is 10.8. The summed E-state index contributed by atoms with van der Waals surface area (Å²) in [5.74, 6) is -1.17. The smallest absolute Gasteiger partial charge is 0.335 e. The SMILES string of the molecule is O=C(O)c1cccc(NC2C(=O)Nc3cccc(Br)c32)c1. The van der Waals surface area contributed by atoms with Crippen molar-refractivity contribution in [2.24, 2.45) is 0 Å². The van der Waals surface area contributed by atoms with Crippen LogP contribution in [-0.2, 0) is 4.79 Å². The van der Waals surface area contributed by atoms with Crippen LogP contribution in [0.3, 0.4) is 0 Å². The molecule has 0 aromatic heterocycles. The Hall–Kier alpha value is -2.34. The number of carbonyl (C=O) groups is 2.